The maximum atomic E-state index is 11.0. The molecular weight excluding hydrogens is 214 g/mol. The highest BCUT2D eigenvalue weighted by Crippen LogP contribution is 2.18. The predicted octanol–water partition coefficient (Wildman–Crippen LogP) is 1.41. The van der Waals surface area contributed by atoms with Gasteiger partial charge >= 0.3 is 0 Å². The van der Waals surface area contributed by atoms with E-state index in [1.807, 2.05) is 24.3 Å². The van der Waals surface area contributed by atoms with Crippen LogP contribution in [-0.4, -0.2) is 25.6 Å². The van der Waals surface area contributed by atoms with Crippen LogP contribution in [0.2, 0.25) is 0 Å². The molecule has 0 amide bonds. The minimum absolute atomic E-state index is 0.101. The van der Waals surface area contributed by atoms with Gasteiger partial charge in [-0.05, 0) is 12.1 Å². The molecule has 0 fully saturated rings. The summed E-state index contributed by atoms with van der Waals surface area (Å²) in [6, 6.07) is 7.42. The quantitative estimate of drug-likeness (QED) is 0.792. The van der Waals surface area contributed by atoms with Crippen LogP contribution in [-0.2, 0) is 16.3 Å². The molecule has 0 atom stereocenters. The van der Waals surface area contributed by atoms with Crippen LogP contribution >= 0.6 is 0 Å². The highest BCUT2D eigenvalue weighted by Gasteiger charge is 2.10. The van der Waals surface area contributed by atoms with E-state index in [2.05, 4.69) is 5.16 Å². The van der Waals surface area contributed by atoms with Crippen molar-refractivity contribution in [1.29, 1.82) is 0 Å². The molecule has 1 aromatic heterocycles. The summed E-state index contributed by atoms with van der Waals surface area (Å²) in [4.78, 5) is 0. The number of hydrogen-bond donors (Lipinski definition) is 0. The average Bonchev–Trinajstić information content (AvgIpc) is 2.57. The van der Waals surface area contributed by atoms with E-state index in [1.165, 1.54) is 6.26 Å². The van der Waals surface area contributed by atoms with Gasteiger partial charge in [0, 0.05) is 18.1 Å². The van der Waals surface area contributed by atoms with Crippen molar-refractivity contribution in [3.8, 4) is 0 Å². The van der Waals surface area contributed by atoms with E-state index < -0.39 is 9.84 Å². The Morgan fingerprint density at radius 3 is 2.80 bits per heavy atom. The van der Waals surface area contributed by atoms with Gasteiger partial charge in [-0.15, -0.1) is 0 Å². The van der Waals surface area contributed by atoms with Crippen molar-refractivity contribution in [2.24, 2.45) is 0 Å². The number of nitrogens with zero attached hydrogens (tertiary/aromatic N) is 1. The van der Waals surface area contributed by atoms with Crippen molar-refractivity contribution in [3.05, 3.63) is 30.0 Å². The molecule has 15 heavy (non-hydrogen) atoms. The van der Waals surface area contributed by atoms with E-state index in [9.17, 15) is 8.42 Å². The predicted molar refractivity (Wildman–Crippen MR) is 57.4 cm³/mol. The second kappa shape index (κ2) is 3.66. The maximum Gasteiger partial charge on any atom is 0.167 e. The fourth-order valence-electron chi connectivity index (χ4n) is 1.40. The second-order valence-corrected chi connectivity index (χ2v) is 5.77. The first-order chi connectivity index (χ1) is 7.06. The molecule has 4 nitrogen and oxygen atoms in total. The lowest BCUT2D eigenvalue weighted by Crippen LogP contribution is -2.06. The summed E-state index contributed by atoms with van der Waals surface area (Å²) in [5.74, 6) is 0.101. The molecule has 0 bridgehead atoms. The minimum Gasteiger partial charge on any atom is -0.356 e. The van der Waals surface area contributed by atoms with Gasteiger partial charge in [-0.3, -0.25) is 0 Å². The van der Waals surface area contributed by atoms with Gasteiger partial charge in [0.25, 0.3) is 0 Å². The fourth-order valence-corrected chi connectivity index (χ4v) is 1.96. The molecule has 0 saturated heterocycles. The Bertz CT molecular complexity index is 571. The summed E-state index contributed by atoms with van der Waals surface area (Å²) in [5, 5.41) is 4.75. The molecule has 2 rings (SSSR count). The number of benzene rings is 1. The summed E-state index contributed by atoms with van der Waals surface area (Å²) in [6.45, 7) is 0. The summed E-state index contributed by atoms with van der Waals surface area (Å²) < 4.78 is 27.1. The smallest absolute Gasteiger partial charge is 0.167 e. The summed E-state index contributed by atoms with van der Waals surface area (Å²) in [6.07, 6.45) is 1.62. The Labute approximate surface area is 87.8 Å². The van der Waals surface area contributed by atoms with Crippen molar-refractivity contribution in [1.82, 2.24) is 5.16 Å². The molecule has 0 spiro atoms. The first kappa shape index (κ1) is 10.2. The van der Waals surface area contributed by atoms with Gasteiger partial charge in [0.05, 0.1) is 11.4 Å². The summed E-state index contributed by atoms with van der Waals surface area (Å²) in [5.41, 5.74) is 1.40. The van der Waals surface area contributed by atoms with Crippen molar-refractivity contribution < 1.29 is 12.9 Å². The first-order valence-corrected chi connectivity index (χ1v) is 6.63. The van der Waals surface area contributed by atoms with Gasteiger partial charge in [0.1, 0.15) is 9.84 Å². The van der Waals surface area contributed by atoms with Gasteiger partial charge < -0.3 is 4.52 Å². The van der Waals surface area contributed by atoms with Gasteiger partial charge in [-0.1, -0.05) is 17.3 Å². The second-order valence-electron chi connectivity index (χ2n) is 3.51. The Balaban J connectivity index is 2.29. The number of rotatable bonds is 3. The van der Waals surface area contributed by atoms with E-state index >= 15 is 0 Å². The van der Waals surface area contributed by atoms with Crippen LogP contribution in [0, 0.1) is 0 Å². The monoisotopic (exact) mass is 225 g/mol. The number of aryl methyl sites for hydroxylation is 1. The number of sulfone groups is 1. The van der Waals surface area contributed by atoms with E-state index in [4.69, 9.17) is 4.52 Å². The molecule has 2 aromatic rings. The van der Waals surface area contributed by atoms with Crippen LogP contribution in [0.3, 0.4) is 0 Å². The minimum atomic E-state index is -2.95. The molecule has 0 unspecified atom stereocenters. The molecule has 1 aromatic carbocycles. The Hall–Kier alpha value is -1.36. The van der Waals surface area contributed by atoms with Crippen LogP contribution in [0.1, 0.15) is 5.69 Å². The molecule has 80 valence electrons. The zero-order valence-electron chi connectivity index (χ0n) is 8.30. The average molecular weight is 225 g/mol. The zero-order chi connectivity index (χ0) is 10.9. The zero-order valence-corrected chi connectivity index (χ0v) is 9.12. The molecule has 0 aliphatic heterocycles. The van der Waals surface area contributed by atoms with Crippen molar-refractivity contribution in [2.45, 2.75) is 6.42 Å². The van der Waals surface area contributed by atoms with Crippen LogP contribution in [0.25, 0.3) is 11.0 Å². The van der Waals surface area contributed by atoms with Crippen molar-refractivity contribution in [2.75, 3.05) is 12.0 Å². The summed E-state index contributed by atoms with van der Waals surface area (Å²) in [7, 11) is -2.95. The number of para-hydroxylation sites is 1. The molecule has 0 radical (unpaired) electrons. The largest absolute Gasteiger partial charge is 0.356 e. The third-order valence-corrected chi connectivity index (χ3v) is 3.11. The molecule has 0 aliphatic rings. The third-order valence-electron chi connectivity index (χ3n) is 2.16. The molecular formula is C10H11NO3S. The lowest BCUT2D eigenvalue weighted by atomic mass is 10.2. The number of hydrogen-bond acceptors (Lipinski definition) is 4. The van der Waals surface area contributed by atoms with Gasteiger partial charge in [-0.25, -0.2) is 8.42 Å². The van der Waals surface area contributed by atoms with Gasteiger partial charge in [0.2, 0.25) is 0 Å². The maximum absolute atomic E-state index is 11.0. The molecule has 0 saturated carbocycles. The number of aromatic nitrogens is 1. The Morgan fingerprint density at radius 2 is 2.07 bits per heavy atom. The topological polar surface area (TPSA) is 60.2 Å². The van der Waals surface area contributed by atoms with Crippen molar-refractivity contribution in [3.63, 3.8) is 0 Å². The van der Waals surface area contributed by atoms with Crippen LogP contribution in [0.5, 0.6) is 0 Å². The molecule has 5 heteroatoms. The molecule has 1 heterocycles. The van der Waals surface area contributed by atoms with Gasteiger partial charge in [-0.2, -0.15) is 0 Å². The van der Waals surface area contributed by atoms with Crippen LogP contribution in [0.15, 0.2) is 28.8 Å². The summed E-state index contributed by atoms with van der Waals surface area (Å²) >= 11 is 0. The SMILES string of the molecule is CS(=O)(=O)CCc1noc2ccccc12. The normalized spacial score (nSPS) is 12.1. The van der Waals surface area contributed by atoms with E-state index in [-0.39, 0.29) is 5.75 Å². The highest BCUT2D eigenvalue weighted by atomic mass is 32.2. The first-order valence-electron chi connectivity index (χ1n) is 4.57. The molecule has 0 aliphatic carbocycles. The standard InChI is InChI=1S/C10H11NO3S/c1-15(12,13)7-6-9-8-4-2-3-5-10(8)14-11-9/h2-5H,6-7H2,1H3. The Morgan fingerprint density at radius 1 is 1.33 bits per heavy atom. The lowest BCUT2D eigenvalue weighted by molar-refractivity contribution is 0.447. The van der Waals surface area contributed by atoms with E-state index in [0.29, 0.717) is 17.7 Å². The highest BCUT2D eigenvalue weighted by molar-refractivity contribution is 7.90. The van der Waals surface area contributed by atoms with Crippen LogP contribution < -0.4 is 0 Å². The lowest BCUT2D eigenvalue weighted by Gasteiger charge is -1.94. The van der Waals surface area contributed by atoms with Crippen LogP contribution in [0.4, 0.5) is 0 Å². The van der Waals surface area contributed by atoms with Crippen molar-refractivity contribution >= 4 is 20.8 Å². The van der Waals surface area contributed by atoms with Gasteiger partial charge in [0.15, 0.2) is 5.58 Å². The Kier molecular flexibility index (Phi) is 2.48. The molecule has 0 N–H and O–H groups in total. The van der Waals surface area contributed by atoms with E-state index in [0.717, 1.165) is 5.39 Å². The number of fused-ring (bicyclic) bond motifs is 1. The van der Waals surface area contributed by atoms with E-state index in [1.54, 1.807) is 0 Å². The third kappa shape index (κ3) is 2.36. The fraction of sp³-hybridized carbons (Fsp3) is 0.300.